The molecule has 0 heterocycles. The van der Waals surface area contributed by atoms with Crippen molar-refractivity contribution in [3.05, 3.63) is 29.1 Å². The van der Waals surface area contributed by atoms with E-state index in [9.17, 15) is 12.8 Å². The maximum Gasteiger partial charge on any atom is 0.240 e. The summed E-state index contributed by atoms with van der Waals surface area (Å²) in [6.45, 7) is 8.49. The standard InChI is InChI=1S/C14H22FNO3S/c1-9-6-12(7-11(8-17)13(9)15)20(18,19)16-10(2)14(3,4)5/h6-7,10,16-17H,8H2,1-5H3. The molecule has 0 amide bonds. The van der Waals surface area contributed by atoms with E-state index >= 15 is 0 Å². The summed E-state index contributed by atoms with van der Waals surface area (Å²) in [5.74, 6) is -0.574. The van der Waals surface area contributed by atoms with Gasteiger partial charge >= 0.3 is 0 Å². The Kier molecular flexibility index (Phi) is 4.94. The van der Waals surface area contributed by atoms with Crippen LogP contribution in [0.4, 0.5) is 4.39 Å². The number of hydrogen-bond acceptors (Lipinski definition) is 3. The van der Waals surface area contributed by atoms with Crippen LogP contribution in [0.15, 0.2) is 17.0 Å². The minimum absolute atomic E-state index is 0.0196. The van der Waals surface area contributed by atoms with E-state index in [2.05, 4.69) is 4.72 Å². The Labute approximate surface area is 120 Å². The van der Waals surface area contributed by atoms with Gasteiger partial charge in [0, 0.05) is 11.6 Å². The number of benzene rings is 1. The fraction of sp³-hybridized carbons (Fsp3) is 0.571. The molecule has 0 aromatic heterocycles. The van der Waals surface area contributed by atoms with Crippen molar-refractivity contribution in [1.29, 1.82) is 0 Å². The Balaban J connectivity index is 3.20. The van der Waals surface area contributed by atoms with Crippen molar-refractivity contribution < 1.29 is 17.9 Å². The van der Waals surface area contributed by atoms with E-state index < -0.39 is 22.4 Å². The molecule has 0 saturated carbocycles. The molecule has 0 aliphatic heterocycles. The van der Waals surface area contributed by atoms with Crippen LogP contribution in [0.1, 0.15) is 38.8 Å². The van der Waals surface area contributed by atoms with Gasteiger partial charge in [0.15, 0.2) is 0 Å². The zero-order valence-corrected chi connectivity index (χ0v) is 13.3. The lowest BCUT2D eigenvalue weighted by Crippen LogP contribution is -2.41. The molecule has 0 radical (unpaired) electrons. The van der Waals surface area contributed by atoms with E-state index in [4.69, 9.17) is 5.11 Å². The van der Waals surface area contributed by atoms with Crippen LogP contribution in [0, 0.1) is 18.2 Å². The smallest absolute Gasteiger partial charge is 0.240 e. The predicted octanol–water partition coefficient (Wildman–Crippen LogP) is 2.34. The van der Waals surface area contributed by atoms with Gasteiger partial charge in [0.2, 0.25) is 10.0 Å². The second-order valence-corrected chi connectivity index (χ2v) is 7.79. The number of hydrogen-bond donors (Lipinski definition) is 2. The van der Waals surface area contributed by atoms with Crippen molar-refractivity contribution in [1.82, 2.24) is 4.72 Å². The van der Waals surface area contributed by atoms with Gasteiger partial charge in [-0.2, -0.15) is 0 Å². The van der Waals surface area contributed by atoms with E-state index in [0.717, 1.165) is 0 Å². The van der Waals surface area contributed by atoms with Crippen LogP contribution < -0.4 is 4.72 Å². The summed E-state index contributed by atoms with van der Waals surface area (Å²) in [6.07, 6.45) is 0. The predicted molar refractivity (Wildman–Crippen MR) is 76.3 cm³/mol. The molecule has 1 unspecified atom stereocenters. The second-order valence-electron chi connectivity index (χ2n) is 6.08. The van der Waals surface area contributed by atoms with Crippen LogP contribution >= 0.6 is 0 Å². The number of sulfonamides is 1. The highest BCUT2D eigenvalue weighted by Gasteiger charge is 2.26. The summed E-state index contributed by atoms with van der Waals surface area (Å²) < 4.78 is 40.8. The molecule has 1 atom stereocenters. The fourth-order valence-electron chi connectivity index (χ4n) is 1.55. The van der Waals surface area contributed by atoms with E-state index in [0.29, 0.717) is 0 Å². The monoisotopic (exact) mass is 303 g/mol. The van der Waals surface area contributed by atoms with Crippen molar-refractivity contribution in [3.8, 4) is 0 Å². The molecule has 1 aromatic rings. The topological polar surface area (TPSA) is 66.4 Å². The molecule has 114 valence electrons. The molecule has 0 spiro atoms. The zero-order valence-electron chi connectivity index (χ0n) is 12.5. The molecular weight excluding hydrogens is 281 g/mol. The molecule has 0 aliphatic carbocycles. The molecule has 2 N–H and O–H groups in total. The molecule has 1 aromatic carbocycles. The average molecular weight is 303 g/mol. The summed E-state index contributed by atoms with van der Waals surface area (Å²) in [5.41, 5.74) is -0.0591. The summed E-state index contributed by atoms with van der Waals surface area (Å²) in [4.78, 5) is -0.0310. The van der Waals surface area contributed by atoms with Gasteiger partial charge in [-0.05, 0) is 37.0 Å². The van der Waals surface area contributed by atoms with Crippen molar-refractivity contribution in [2.75, 3.05) is 0 Å². The quantitative estimate of drug-likeness (QED) is 0.897. The van der Waals surface area contributed by atoms with Crippen LogP contribution in [0.5, 0.6) is 0 Å². The summed E-state index contributed by atoms with van der Waals surface area (Å²) in [5, 5.41) is 9.09. The SMILES string of the molecule is Cc1cc(S(=O)(=O)NC(C)C(C)(C)C)cc(CO)c1F. The van der Waals surface area contributed by atoms with E-state index in [-0.39, 0.29) is 27.5 Å². The van der Waals surface area contributed by atoms with Crippen LogP contribution in [0.3, 0.4) is 0 Å². The Morgan fingerprint density at radius 2 is 1.90 bits per heavy atom. The van der Waals surface area contributed by atoms with Gasteiger partial charge in [-0.15, -0.1) is 0 Å². The number of nitrogens with one attached hydrogen (secondary N) is 1. The van der Waals surface area contributed by atoms with Crippen molar-refractivity contribution in [3.63, 3.8) is 0 Å². The maximum absolute atomic E-state index is 13.6. The Bertz CT molecular complexity index is 591. The average Bonchev–Trinajstić information content (AvgIpc) is 2.30. The highest BCUT2D eigenvalue weighted by Crippen LogP contribution is 2.23. The van der Waals surface area contributed by atoms with E-state index in [1.807, 2.05) is 20.8 Å². The summed E-state index contributed by atoms with van der Waals surface area (Å²) in [7, 11) is -3.74. The van der Waals surface area contributed by atoms with Crippen LogP contribution in [-0.2, 0) is 16.6 Å². The maximum atomic E-state index is 13.6. The Morgan fingerprint density at radius 1 is 1.35 bits per heavy atom. The van der Waals surface area contributed by atoms with E-state index in [1.54, 1.807) is 6.92 Å². The minimum atomic E-state index is -3.74. The first-order chi connectivity index (χ1) is 8.99. The second kappa shape index (κ2) is 5.79. The van der Waals surface area contributed by atoms with Gasteiger partial charge in [-0.1, -0.05) is 20.8 Å². The largest absolute Gasteiger partial charge is 0.392 e. The summed E-state index contributed by atoms with van der Waals surface area (Å²) >= 11 is 0. The first kappa shape index (κ1) is 17.1. The van der Waals surface area contributed by atoms with Gasteiger partial charge in [0.25, 0.3) is 0 Å². The van der Waals surface area contributed by atoms with Crippen molar-refractivity contribution in [2.45, 2.75) is 52.2 Å². The summed E-state index contributed by atoms with van der Waals surface area (Å²) in [6, 6.07) is 2.15. The van der Waals surface area contributed by atoms with Crippen molar-refractivity contribution >= 4 is 10.0 Å². The first-order valence-corrected chi connectivity index (χ1v) is 7.89. The highest BCUT2D eigenvalue weighted by molar-refractivity contribution is 7.89. The van der Waals surface area contributed by atoms with Gasteiger partial charge in [0.05, 0.1) is 11.5 Å². The first-order valence-electron chi connectivity index (χ1n) is 6.41. The number of aliphatic hydroxyl groups is 1. The Morgan fingerprint density at radius 3 is 2.35 bits per heavy atom. The third-order valence-corrected chi connectivity index (χ3v) is 4.94. The lowest BCUT2D eigenvalue weighted by atomic mass is 9.89. The zero-order chi connectivity index (χ0) is 15.7. The third kappa shape index (κ3) is 3.77. The number of halogens is 1. The number of aryl methyl sites for hydroxylation is 1. The third-order valence-electron chi connectivity index (χ3n) is 3.42. The fourth-order valence-corrected chi connectivity index (χ4v) is 3.14. The normalized spacial score (nSPS) is 14.3. The number of rotatable bonds is 4. The molecule has 0 aliphatic rings. The molecule has 0 fully saturated rings. The molecule has 4 nitrogen and oxygen atoms in total. The molecule has 6 heteroatoms. The van der Waals surface area contributed by atoms with Crippen LogP contribution in [-0.4, -0.2) is 19.6 Å². The van der Waals surface area contributed by atoms with Gasteiger partial charge in [-0.25, -0.2) is 17.5 Å². The van der Waals surface area contributed by atoms with Gasteiger partial charge < -0.3 is 5.11 Å². The lowest BCUT2D eigenvalue weighted by molar-refractivity contribution is 0.275. The molecular formula is C14H22FNO3S. The van der Waals surface area contributed by atoms with Gasteiger partial charge in [0.1, 0.15) is 5.82 Å². The molecule has 20 heavy (non-hydrogen) atoms. The van der Waals surface area contributed by atoms with Crippen LogP contribution in [0.25, 0.3) is 0 Å². The van der Waals surface area contributed by atoms with Gasteiger partial charge in [-0.3, -0.25) is 0 Å². The highest BCUT2D eigenvalue weighted by atomic mass is 32.2. The molecule has 1 rings (SSSR count). The molecule has 0 saturated heterocycles. The minimum Gasteiger partial charge on any atom is -0.392 e. The Hall–Kier alpha value is -0.980. The van der Waals surface area contributed by atoms with Crippen molar-refractivity contribution in [2.24, 2.45) is 5.41 Å². The van der Waals surface area contributed by atoms with Crippen LogP contribution in [0.2, 0.25) is 0 Å². The lowest BCUT2D eigenvalue weighted by Gasteiger charge is -2.28. The van der Waals surface area contributed by atoms with E-state index in [1.165, 1.54) is 19.1 Å². The molecule has 0 bridgehead atoms. The number of aliphatic hydroxyl groups excluding tert-OH is 1.